The smallest absolute Gasteiger partial charge is 0.193 e. The number of ether oxygens (including phenoxy) is 2. The van der Waals surface area contributed by atoms with Crippen molar-refractivity contribution in [2.24, 2.45) is 10.9 Å². The number of hydrogen-bond acceptors (Lipinski definition) is 4. The molecule has 154 valence electrons. The van der Waals surface area contributed by atoms with E-state index in [0.717, 1.165) is 70.5 Å². The van der Waals surface area contributed by atoms with Gasteiger partial charge in [-0.25, -0.2) is 0 Å². The lowest BCUT2D eigenvalue weighted by Gasteiger charge is -2.27. The summed E-state index contributed by atoms with van der Waals surface area (Å²) in [5.41, 5.74) is 0. The van der Waals surface area contributed by atoms with E-state index in [2.05, 4.69) is 29.1 Å². The van der Waals surface area contributed by atoms with Gasteiger partial charge in [-0.1, -0.05) is 0 Å². The fourth-order valence-electron chi connectivity index (χ4n) is 3.40. The molecule has 1 saturated carbocycles. The van der Waals surface area contributed by atoms with Crippen LogP contribution in [0.15, 0.2) is 4.99 Å². The SMILES string of the molecule is CCNC(=NCCN(CCOC)C1CC1)N(C)CCC1CCOCC1.I. The Kier molecular flexibility index (Phi) is 12.8. The third kappa shape index (κ3) is 9.19. The predicted molar refractivity (Wildman–Crippen MR) is 119 cm³/mol. The van der Waals surface area contributed by atoms with Gasteiger partial charge in [0, 0.05) is 59.6 Å². The maximum atomic E-state index is 5.46. The van der Waals surface area contributed by atoms with Crippen LogP contribution in [-0.2, 0) is 9.47 Å². The molecule has 7 heteroatoms. The van der Waals surface area contributed by atoms with Crippen molar-refractivity contribution in [2.75, 3.05) is 66.7 Å². The Hall–Kier alpha value is -0.120. The Balaban J connectivity index is 0.00000338. The summed E-state index contributed by atoms with van der Waals surface area (Å²) in [6.45, 7) is 9.68. The third-order valence-electron chi connectivity index (χ3n) is 5.20. The molecule has 1 heterocycles. The lowest BCUT2D eigenvalue weighted by Crippen LogP contribution is -2.41. The van der Waals surface area contributed by atoms with Crippen molar-refractivity contribution in [3.8, 4) is 0 Å². The molecule has 0 radical (unpaired) electrons. The van der Waals surface area contributed by atoms with Crippen LogP contribution in [0.25, 0.3) is 0 Å². The number of methoxy groups -OCH3 is 1. The molecule has 1 saturated heterocycles. The summed E-state index contributed by atoms with van der Waals surface area (Å²) in [6.07, 6.45) is 6.30. The van der Waals surface area contributed by atoms with Crippen molar-refractivity contribution in [1.82, 2.24) is 15.1 Å². The van der Waals surface area contributed by atoms with Gasteiger partial charge in [0.15, 0.2) is 5.96 Å². The lowest BCUT2D eigenvalue weighted by atomic mass is 9.96. The van der Waals surface area contributed by atoms with E-state index in [1.807, 2.05) is 0 Å². The van der Waals surface area contributed by atoms with Gasteiger partial charge in [0.2, 0.25) is 0 Å². The second-order valence-electron chi connectivity index (χ2n) is 7.26. The molecule has 0 aromatic heterocycles. The van der Waals surface area contributed by atoms with Gasteiger partial charge in [0.05, 0.1) is 13.2 Å². The number of rotatable bonds is 11. The minimum atomic E-state index is 0. The van der Waals surface area contributed by atoms with Crippen molar-refractivity contribution in [2.45, 2.75) is 45.1 Å². The van der Waals surface area contributed by atoms with Gasteiger partial charge in [0.1, 0.15) is 0 Å². The van der Waals surface area contributed by atoms with Crippen LogP contribution in [0.2, 0.25) is 0 Å². The monoisotopic (exact) mass is 482 g/mol. The van der Waals surface area contributed by atoms with Crippen LogP contribution in [0.1, 0.15) is 39.0 Å². The highest BCUT2D eigenvalue weighted by Gasteiger charge is 2.28. The molecular formula is C19H39IN4O2. The molecule has 2 aliphatic rings. The van der Waals surface area contributed by atoms with E-state index in [0.29, 0.717) is 0 Å². The van der Waals surface area contributed by atoms with E-state index < -0.39 is 0 Å². The molecule has 1 N–H and O–H groups in total. The van der Waals surface area contributed by atoms with Crippen LogP contribution in [0, 0.1) is 5.92 Å². The van der Waals surface area contributed by atoms with Crippen molar-refractivity contribution in [3.63, 3.8) is 0 Å². The van der Waals surface area contributed by atoms with E-state index in [4.69, 9.17) is 14.5 Å². The second kappa shape index (κ2) is 14.0. The van der Waals surface area contributed by atoms with Crippen molar-refractivity contribution < 1.29 is 9.47 Å². The quantitative estimate of drug-likeness (QED) is 0.279. The molecule has 2 rings (SSSR count). The summed E-state index contributed by atoms with van der Waals surface area (Å²) in [5.74, 6) is 1.84. The summed E-state index contributed by atoms with van der Waals surface area (Å²) < 4.78 is 10.7. The molecule has 0 atom stereocenters. The van der Waals surface area contributed by atoms with Gasteiger partial charge in [-0.05, 0) is 44.9 Å². The van der Waals surface area contributed by atoms with Gasteiger partial charge in [-0.2, -0.15) is 0 Å². The number of nitrogens with one attached hydrogen (secondary N) is 1. The second-order valence-corrected chi connectivity index (χ2v) is 7.26. The van der Waals surface area contributed by atoms with E-state index in [1.54, 1.807) is 7.11 Å². The Morgan fingerprint density at radius 2 is 1.88 bits per heavy atom. The molecule has 0 bridgehead atoms. The van der Waals surface area contributed by atoms with Crippen LogP contribution in [-0.4, -0.2) is 88.5 Å². The molecule has 0 aromatic carbocycles. The van der Waals surface area contributed by atoms with Crippen molar-refractivity contribution in [1.29, 1.82) is 0 Å². The summed E-state index contributed by atoms with van der Waals surface area (Å²) in [7, 11) is 3.93. The number of aliphatic imine (C=N–C) groups is 1. The molecular weight excluding hydrogens is 443 g/mol. The normalized spacial score (nSPS) is 18.7. The highest BCUT2D eigenvalue weighted by molar-refractivity contribution is 14.0. The highest BCUT2D eigenvalue weighted by Crippen LogP contribution is 2.26. The largest absolute Gasteiger partial charge is 0.383 e. The van der Waals surface area contributed by atoms with E-state index in [9.17, 15) is 0 Å². The van der Waals surface area contributed by atoms with E-state index in [1.165, 1.54) is 32.1 Å². The van der Waals surface area contributed by atoms with E-state index >= 15 is 0 Å². The molecule has 0 amide bonds. The zero-order chi connectivity index (χ0) is 17.9. The Bertz CT molecular complexity index is 388. The molecule has 1 aliphatic carbocycles. The first-order valence-electron chi connectivity index (χ1n) is 10.0. The van der Waals surface area contributed by atoms with Crippen molar-refractivity contribution in [3.05, 3.63) is 0 Å². The first-order valence-corrected chi connectivity index (χ1v) is 10.0. The van der Waals surface area contributed by atoms with Gasteiger partial charge in [-0.3, -0.25) is 9.89 Å². The highest BCUT2D eigenvalue weighted by atomic mass is 127. The van der Waals surface area contributed by atoms with Crippen LogP contribution in [0.3, 0.4) is 0 Å². The third-order valence-corrected chi connectivity index (χ3v) is 5.20. The molecule has 26 heavy (non-hydrogen) atoms. The number of hydrogen-bond donors (Lipinski definition) is 1. The van der Waals surface area contributed by atoms with Gasteiger partial charge >= 0.3 is 0 Å². The van der Waals surface area contributed by atoms with Gasteiger partial charge in [-0.15, -0.1) is 24.0 Å². The predicted octanol–water partition coefficient (Wildman–Crippen LogP) is 2.43. The molecule has 1 aliphatic heterocycles. The lowest BCUT2D eigenvalue weighted by molar-refractivity contribution is 0.0625. The van der Waals surface area contributed by atoms with Crippen LogP contribution >= 0.6 is 24.0 Å². The summed E-state index contributed by atoms with van der Waals surface area (Å²) in [4.78, 5) is 9.67. The standard InChI is InChI=1S/C19H38N4O2.HI/c1-4-20-19(22(2)11-7-17-8-14-25-15-9-17)21-10-12-23(13-16-24-3)18-5-6-18;/h17-18H,4-16H2,1-3H3,(H,20,21);1H. The average molecular weight is 482 g/mol. The number of guanidine groups is 1. The van der Waals surface area contributed by atoms with Crippen LogP contribution < -0.4 is 5.32 Å². The van der Waals surface area contributed by atoms with E-state index in [-0.39, 0.29) is 24.0 Å². The van der Waals surface area contributed by atoms with Gasteiger partial charge in [0.25, 0.3) is 0 Å². The number of halogens is 1. The topological polar surface area (TPSA) is 49.3 Å². The molecule has 0 unspecified atom stereocenters. The number of nitrogens with zero attached hydrogens (tertiary/aromatic N) is 3. The first kappa shape index (κ1) is 23.9. The molecule has 6 nitrogen and oxygen atoms in total. The van der Waals surface area contributed by atoms with Crippen LogP contribution in [0.4, 0.5) is 0 Å². The summed E-state index contributed by atoms with van der Waals surface area (Å²) in [5, 5.41) is 3.44. The average Bonchev–Trinajstić information content (AvgIpc) is 3.47. The van der Waals surface area contributed by atoms with Gasteiger partial charge < -0.3 is 19.7 Å². The van der Waals surface area contributed by atoms with Crippen LogP contribution in [0.5, 0.6) is 0 Å². The summed E-state index contributed by atoms with van der Waals surface area (Å²) in [6, 6.07) is 0.763. The Labute approximate surface area is 177 Å². The fraction of sp³-hybridized carbons (Fsp3) is 0.947. The maximum absolute atomic E-state index is 5.46. The maximum Gasteiger partial charge on any atom is 0.193 e. The molecule has 2 fully saturated rings. The Morgan fingerprint density at radius 3 is 2.50 bits per heavy atom. The molecule has 0 spiro atoms. The zero-order valence-electron chi connectivity index (χ0n) is 16.9. The summed E-state index contributed by atoms with van der Waals surface area (Å²) >= 11 is 0. The fourth-order valence-corrected chi connectivity index (χ4v) is 3.40. The molecule has 0 aromatic rings. The minimum Gasteiger partial charge on any atom is -0.383 e. The Morgan fingerprint density at radius 1 is 1.15 bits per heavy atom. The minimum absolute atomic E-state index is 0. The first-order chi connectivity index (χ1) is 12.2. The zero-order valence-corrected chi connectivity index (χ0v) is 19.2. The van der Waals surface area contributed by atoms with Crippen molar-refractivity contribution >= 4 is 29.9 Å².